The summed E-state index contributed by atoms with van der Waals surface area (Å²) in [5.74, 6) is 0. The number of nitrogens with zero attached hydrogens (tertiary/aromatic N) is 2. The summed E-state index contributed by atoms with van der Waals surface area (Å²) in [4.78, 5) is 0. The quantitative estimate of drug-likeness (QED) is 0.397. The normalized spacial score (nSPS) is 17.6. The van der Waals surface area contributed by atoms with Gasteiger partial charge in [0.1, 0.15) is 0 Å². The molecule has 0 aromatic rings. The second-order valence-corrected chi connectivity index (χ2v) is 0.832. The van der Waals surface area contributed by atoms with E-state index in [1.54, 1.807) is 12.4 Å². The van der Waals surface area contributed by atoms with Crippen LogP contribution in [0.4, 0.5) is 0 Å². The van der Waals surface area contributed by atoms with Gasteiger partial charge in [-0.15, -0.1) is 0 Å². The Balaban J connectivity index is 0.000000250. The molecule has 0 bridgehead atoms. The SMILES string of the molecule is C1=NN=CC1.[H+]. The minimum Gasteiger partial charge on any atom is -0.164 e. The van der Waals surface area contributed by atoms with E-state index in [9.17, 15) is 0 Å². The Bertz CT molecular complexity index is 66.9. The van der Waals surface area contributed by atoms with E-state index in [1.807, 2.05) is 0 Å². The molecule has 0 N–H and O–H groups in total. The van der Waals surface area contributed by atoms with Crippen LogP contribution in [0, 0.1) is 0 Å². The fourth-order valence-electron chi connectivity index (χ4n) is 0.236. The average molecular weight is 69.1 g/mol. The van der Waals surface area contributed by atoms with Crippen LogP contribution < -0.4 is 0 Å². The summed E-state index contributed by atoms with van der Waals surface area (Å²) in [6.07, 6.45) is 4.44. The van der Waals surface area contributed by atoms with E-state index in [0.29, 0.717) is 0 Å². The van der Waals surface area contributed by atoms with Crippen molar-refractivity contribution in [2.45, 2.75) is 6.42 Å². The smallest absolute Gasteiger partial charge is 0.164 e. The largest absolute Gasteiger partial charge is 1.00 e. The molecule has 0 aromatic heterocycles. The van der Waals surface area contributed by atoms with E-state index < -0.39 is 0 Å². The summed E-state index contributed by atoms with van der Waals surface area (Å²) >= 11 is 0. The van der Waals surface area contributed by atoms with Gasteiger partial charge in [0.15, 0.2) is 0 Å². The molecule has 0 aliphatic carbocycles. The van der Waals surface area contributed by atoms with Crippen LogP contribution >= 0.6 is 0 Å². The number of rotatable bonds is 0. The van der Waals surface area contributed by atoms with E-state index in [4.69, 9.17) is 0 Å². The van der Waals surface area contributed by atoms with Crippen LogP contribution in [0.3, 0.4) is 0 Å². The summed E-state index contributed by atoms with van der Waals surface area (Å²) < 4.78 is 0. The molecule has 1 heterocycles. The highest BCUT2D eigenvalue weighted by atomic mass is 15.2. The molecule has 0 saturated heterocycles. The maximum absolute atomic E-state index is 3.53. The summed E-state index contributed by atoms with van der Waals surface area (Å²) in [6, 6.07) is 0. The molecule has 0 saturated carbocycles. The standard InChI is InChI=1S/C3H4N2/c1-2-4-5-3-1/h2-3H,1H2/p+1. The molecule has 0 radical (unpaired) electrons. The minimum atomic E-state index is 0. The van der Waals surface area contributed by atoms with Crippen molar-refractivity contribution in [3.63, 3.8) is 0 Å². The van der Waals surface area contributed by atoms with Gasteiger partial charge in [-0.3, -0.25) is 0 Å². The predicted octanol–water partition coefficient (Wildman–Crippen LogP) is 0.559. The second-order valence-electron chi connectivity index (χ2n) is 0.832. The molecule has 1 aliphatic heterocycles. The molecule has 2 nitrogen and oxygen atoms in total. The van der Waals surface area contributed by atoms with Gasteiger partial charge in [0, 0.05) is 18.9 Å². The molecule has 5 heavy (non-hydrogen) atoms. The molecule has 0 atom stereocenters. The Kier molecular flexibility index (Phi) is 0.499. The monoisotopic (exact) mass is 69.0 g/mol. The van der Waals surface area contributed by atoms with Gasteiger partial charge < -0.3 is 0 Å². The molecule has 2 heteroatoms. The minimum absolute atomic E-state index is 0. The molecule has 0 unspecified atom stereocenters. The van der Waals surface area contributed by atoms with Crippen LogP contribution in [0.1, 0.15) is 7.85 Å². The topological polar surface area (TPSA) is 24.7 Å². The lowest BCUT2D eigenvalue weighted by atomic mass is 10.5. The lowest BCUT2D eigenvalue weighted by Crippen LogP contribution is -1.60. The second kappa shape index (κ2) is 0.971. The Hall–Kier alpha value is -0.660. The molecule has 0 spiro atoms. The van der Waals surface area contributed by atoms with Gasteiger partial charge in [0.2, 0.25) is 0 Å². The molecule has 0 amide bonds. The van der Waals surface area contributed by atoms with Gasteiger partial charge in [-0.05, 0) is 0 Å². The van der Waals surface area contributed by atoms with Crippen LogP contribution in [0.25, 0.3) is 0 Å². The Morgan fingerprint density at radius 3 is 2.20 bits per heavy atom. The van der Waals surface area contributed by atoms with Crippen LogP contribution in [0.15, 0.2) is 10.2 Å². The van der Waals surface area contributed by atoms with Gasteiger partial charge in [0.25, 0.3) is 0 Å². The zero-order valence-electron chi connectivity index (χ0n) is 3.76. The van der Waals surface area contributed by atoms with E-state index in [0.717, 1.165) is 6.42 Å². The Morgan fingerprint density at radius 1 is 1.40 bits per heavy atom. The average Bonchev–Trinajstić information content (AvgIpc) is 1.76. The van der Waals surface area contributed by atoms with Crippen LogP contribution in [0.5, 0.6) is 0 Å². The maximum atomic E-state index is 3.53. The fourth-order valence-corrected chi connectivity index (χ4v) is 0.236. The predicted molar refractivity (Wildman–Crippen MR) is 22.7 cm³/mol. The van der Waals surface area contributed by atoms with E-state index >= 15 is 0 Å². The van der Waals surface area contributed by atoms with Gasteiger partial charge in [0.05, 0.1) is 0 Å². The number of hydrogen-bond donors (Lipinski definition) is 0. The van der Waals surface area contributed by atoms with Gasteiger partial charge >= 0.3 is 1.43 Å². The van der Waals surface area contributed by atoms with Crippen molar-refractivity contribution in [3.8, 4) is 0 Å². The molecule has 0 aromatic carbocycles. The van der Waals surface area contributed by atoms with E-state index in [2.05, 4.69) is 10.2 Å². The Labute approximate surface area is 31.7 Å². The Morgan fingerprint density at radius 2 is 2.00 bits per heavy atom. The highest BCUT2D eigenvalue weighted by Crippen LogP contribution is 1.78. The van der Waals surface area contributed by atoms with Crippen molar-refractivity contribution < 1.29 is 1.43 Å². The lowest BCUT2D eigenvalue weighted by Gasteiger charge is -1.50. The fraction of sp³-hybridized carbons (Fsp3) is 0.333. The summed E-state index contributed by atoms with van der Waals surface area (Å²) in [5, 5.41) is 7.06. The van der Waals surface area contributed by atoms with Crippen molar-refractivity contribution in [2.75, 3.05) is 0 Å². The zero-order chi connectivity index (χ0) is 3.54. The van der Waals surface area contributed by atoms with Crippen molar-refractivity contribution in [1.82, 2.24) is 0 Å². The summed E-state index contributed by atoms with van der Waals surface area (Å²) in [6.45, 7) is 0. The third-order valence-corrected chi connectivity index (χ3v) is 0.441. The first-order valence-corrected chi connectivity index (χ1v) is 1.53. The first kappa shape index (κ1) is 2.57. The molecule has 0 fully saturated rings. The molecule has 1 rings (SSSR count). The van der Waals surface area contributed by atoms with Gasteiger partial charge in [-0.1, -0.05) is 0 Å². The highest BCUT2D eigenvalue weighted by Gasteiger charge is 1.75. The van der Waals surface area contributed by atoms with Gasteiger partial charge in [-0.25, -0.2) is 0 Å². The van der Waals surface area contributed by atoms with Crippen LogP contribution in [-0.4, -0.2) is 12.4 Å². The van der Waals surface area contributed by atoms with Crippen LogP contribution in [0.2, 0.25) is 0 Å². The summed E-state index contributed by atoms with van der Waals surface area (Å²) in [5.41, 5.74) is 0. The van der Waals surface area contributed by atoms with E-state index in [-0.39, 0.29) is 1.43 Å². The molecular formula is C3H5N2+. The van der Waals surface area contributed by atoms with Crippen molar-refractivity contribution in [1.29, 1.82) is 0 Å². The summed E-state index contributed by atoms with van der Waals surface area (Å²) in [7, 11) is 0. The molecule has 26 valence electrons. The third-order valence-electron chi connectivity index (χ3n) is 0.441. The molecular weight excluding hydrogens is 64.0 g/mol. The molecule has 1 aliphatic rings. The third kappa shape index (κ3) is 0.318. The zero-order valence-corrected chi connectivity index (χ0v) is 2.76. The number of hydrogen-bond acceptors (Lipinski definition) is 2. The van der Waals surface area contributed by atoms with Crippen molar-refractivity contribution in [2.24, 2.45) is 10.2 Å². The van der Waals surface area contributed by atoms with Crippen molar-refractivity contribution >= 4 is 12.4 Å². The van der Waals surface area contributed by atoms with E-state index in [1.165, 1.54) is 0 Å². The lowest BCUT2D eigenvalue weighted by molar-refractivity contribution is 1.29. The van der Waals surface area contributed by atoms with Crippen LogP contribution in [-0.2, 0) is 0 Å². The first-order valence-electron chi connectivity index (χ1n) is 1.53. The maximum Gasteiger partial charge on any atom is 1.00 e. The first-order chi connectivity index (χ1) is 2.50. The highest BCUT2D eigenvalue weighted by molar-refractivity contribution is 5.82. The van der Waals surface area contributed by atoms with Crippen molar-refractivity contribution in [3.05, 3.63) is 0 Å². The van der Waals surface area contributed by atoms with Gasteiger partial charge in [-0.2, -0.15) is 10.2 Å².